The fourth-order valence-electron chi connectivity index (χ4n) is 2.00. The largest absolute Gasteiger partial charge is 0.480 e. The first-order chi connectivity index (χ1) is 9.93. The molecule has 0 fully saturated rings. The normalized spacial score (nSPS) is 12.0. The Bertz CT molecular complexity index is 471. The third kappa shape index (κ3) is 5.95. The number of amides is 1. The second-order valence-corrected chi connectivity index (χ2v) is 5.30. The molecule has 0 aliphatic carbocycles. The summed E-state index contributed by atoms with van der Waals surface area (Å²) in [5, 5.41) is 11.8. The molecule has 0 heterocycles. The Hall–Kier alpha value is -1.88. The molecule has 5 nitrogen and oxygen atoms in total. The molecule has 1 atom stereocenters. The monoisotopic (exact) mass is 292 g/mol. The van der Waals surface area contributed by atoms with Crippen LogP contribution in [-0.2, 0) is 16.1 Å². The highest BCUT2D eigenvalue weighted by Gasteiger charge is 2.18. The van der Waals surface area contributed by atoms with Gasteiger partial charge in [-0.25, -0.2) is 0 Å². The molecule has 0 spiro atoms. The minimum Gasteiger partial charge on any atom is -0.480 e. The molecule has 0 radical (unpaired) electrons. The van der Waals surface area contributed by atoms with Gasteiger partial charge in [0.1, 0.15) is 6.04 Å². The lowest BCUT2D eigenvalue weighted by Gasteiger charge is -2.19. The van der Waals surface area contributed by atoms with Crippen LogP contribution in [0.2, 0.25) is 0 Å². The van der Waals surface area contributed by atoms with Crippen molar-refractivity contribution in [3.63, 3.8) is 0 Å². The number of nitrogens with zero attached hydrogens (tertiary/aromatic N) is 1. The van der Waals surface area contributed by atoms with Crippen LogP contribution in [0.1, 0.15) is 30.9 Å². The number of rotatable bonds is 8. The molecule has 0 bridgehead atoms. The van der Waals surface area contributed by atoms with Crippen molar-refractivity contribution in [1.29, 1.82) is 0 Å². The van der Waals surface area contributed by atoms with Crippen molar-refractivity contribution >= 4 is 11.9 Å². The van der Waals surface area contributed by atoms with Crippen molar-refractivity contribution in [3.8, 4) is 0 Å². The van der Waals surface area contributed by atoms with E-state index < -0.39 is 12.0 Å². The Morgan fingerprint density at radius 1 is 1.29 bits per heavy atom. The molecule has 1 rings (SSSR count). The van der Waals surface area contributed by atoms with Crippen LogP contribution in [0.25, 0.3) is 0 Å². The van der Waals surface area contributed by atoms with Gasteiger partial charge in [-0.3, -0.25) is 14.9 Å². The summed E-state index contributed by atoms with van der Waals surface area (Å²) >= 11 is 0. The lowest BCUT2D eigenvalue weighted by Crippen LogP contribution is -2.43. The van der Waals surface area contributed by atoms with Gasteiger partial charge in [0.2, 0.25) is 5.91 Å². The van der Waals surface area contributed by atoms with Gasteiger partial charge >= 0.3 is 5.97 Å². The summed E-state index contributed by atoms with van der Waals surface area (Å²) in [7, 11) is 1.72. The molecule has 21 heavy (non-hydrogen) atoms. The van der Waals surface area contributed by atoms with E-state index in [9.17, 15) is 9.59 Å². The molecule has 1 amide bonds. The van der Waals surface area contributed by atoms with E-state index in [1.165, 1.54) is 5.56 Å². The lowest BCUT2D eigenvalue weighted by atomic mass is 10.1. The molecular weight excluding hydrogens is 268 g/mol. The highest BCUT2D eigenvalue weighted by atomic mass is 16.4. The molecule has 0 aliphatic rings. The van der Waals surface area contributed by atoms with E-state index in [1.54, 1.807) is 11.9 Å². The molecule has 0 saturated carbocycles. The summed E-state index contributed by atoms with van der Waals surface area (Å²) in [6.07, 6.45) is 1.28. The van der Waals surface area contributed by atoms with Gasteiger partial charge in [-0.2, -0.15) is 0 Å². The number of carboxylic acids is 1. The van der Waals surface area contributed by atoms with Gasteiger partial charge in [-0.15, -0.1) is 0 Å². The van der Waals surface area contributed by atoms with Gasteiger partial charge < -0.3 is 10.0 Å². The third-order valence-electron chi connectivity index (χ3n) is 3.34. The highest BCUT2D eigenvalue weighted by molar-refractivity contribution is 5.79. The molecule has 2 N–H and O–H groups in total. The molecule has 1 aromatic carbocycles. The number of carboxylic acid groups (broad SMARTS) is 1. The van der Waals surface area contributed by atoms with Crippen LogP contribution in [0.4, 0.5) is 0 Å². The van der Waals surface area contributed by atoms with Gasteiger partial charge in [-0.1, -0.05) is 43.2 Å². The van der Waals surface area contributed by atoms with Crippen molar-refractivity contribution in [2.45, 2.75) is 39.3 Å². The SMILES string of the molecule is CCCC(NCC(=O)N(C)Cc1ccc(C)cc1)C(=O)O. The molecule has 1 unspecified atom stereocenters. The number of nitrogens with one attached hydrogen (secondary N) is 1. The summed E-state index contributed by atoms with van der Waals surface area (Å²) in [4.78, 5) is 24.6. The van der Waals surface area contributed by atoms with Crippen molar-refractivity contribution in [2.75, 3.05) is 13.6 Å². The van der Waals surface area contributed by atoms with E-state index in [1.807, 2.05) is 38.1 Å². The van der Waals surface area contributed by atoms with E-state index in [2.05, 4.69) is 5.32 Å². The van der Waals surface area contributed by atoms with Crippen LogP contribution in [-0.4, -0.2) is 41.5 Å². The Morgan fingerprint density at radius 2 is 1.90 bits per heavy atom. The number of aliphatic carboxylic acids is 1. The topological polar surface area (TPSA) is 69.6 Å². The maximum atomic E-state index is 12.0. The predicted molar refractivity (Wildman–Crippen MR) is 82.0 cm³/mol. The second-order valence-electron chi connectivity index (χ2n) is 5.30. The summed E-state index contributed by atoms with van der Waals surface area (Å²) in [6.45, 7) is 4.50. The number of carbonyl (C=O) groups excluding carboxylic acids is 1. The van der Waals surface area contributed by atoms with Crippen LogP contribution in [0.5, 0.6) is 0 Å². The van der Waals surface area contributed by atoms with Crippen LogP contribution in [0, 0.1) is 6.92 Å². The van der Waals surface area contributed by atoms with E-state index in [0.717, 1.165) is 12.0 Å². The van der Waals surface area contributed by atoms with E-state index in [0.29, 0.717) is 13.0 Å². The van der Waals surface area contributed by atoms with Crippen molar-refractivity contribution < 1.29 is 14.7 Å². The maximum absolute atomic E-state index is 12.0. The minimum absolute atomic E-state index is 0.0410. The second kappa shape index (κ2) is 8.42. The van der Waals surface area contributed by atoms with Gasteiger partial charge in [0, 0.05) is 13.6 Å². The quantitative estimate of drug-likeness (QED) is 0.766. The van der Waals surface area contributed by atoms with E-state index >= 15 is 0 Å². The molecule has 5 heteroatoms. The maximum Gasteiger partial charge on any atom is 0.320 e. The predicted octanol–water partition coefficient (Wildman–Crippen LogP) is 1.80. The third-order valence-corrected chi connectivity index (χ3v) is 3.34. The van der Waals surface area contributed by atoms with E-state index in [4.69, 9.17) is 5.11 Å². The zero-order valence-corrected chi connectivity index (χ0v) is 12.9. The summed E-state index contributed by atoms with van der Waals surface area (Å²) in [5.41, 5.74) is 2.23. The smallest absolute Gasteiger partial charge is 0.320 e. The number of carbonyl (C=O) groups is 2. The first-order valence-electron chi connectivity index (χ1n) is 7.19. The molecule has 116 valence electrons. The van der Waals surface area contributed by atoms with Crippen LogP contribution < -0.4 is 5.32 Å². The van der Waals surface area contributed by atoms with Crippen LogP contribution in [0.3, 0.4) is 0 Å². The zero-order chi connectivity index (χ0) is 15.8. The Morgan fingerprint density at radius 3 is 2.43 bits per heavy atom. The fourth-order valence-corrected chi connectivity index (χ4v) is 2.00. The average molecular weight is 292 g/mol. The van der Waals surface area contributed by atoms with Crippen molar-refractivity contribution in [3.05, 3.63) is 35.4 Å². The number of aryl methyl sites for hydroxylation is 1. The summed E-state index contributed by atoms with van der Waals surface area (Å²) < 4.78 is 0. The number of benzene rings is 1. The van der Waals surface area contributed by atoms with Gasteiger partial charge in [0.25, 0.3) is 0 Å². The van der Waals surface area contributed by atoms with Crippen LogP contribution >= 0.6 is 0 Å². The molecule has 0 saturated heterocycles. The fraction of sp³-hybridized carbons (Fsp3) is 0.500. The Kier molecular flexibility index (Phi) is 6.88. The standard InChI is InChI=1S/C16H24N2O3/c1-4-5-14(16(20)21)17-10-15(19)18(3)11-13-8-6-12(2)7-9-13/h6-9,14,17H,4-5,10-11H2,1-3H3,(H,20,21). The van der Waals surface area contributed by atoms with E-state index in [-0.39, 0.29) is 12.5 Å². The first-order valence-corrected chi connectivity index (χ1v) is 7.19. The van der Waals surface area contributed by atoms with Crippen molar-refractivity contribution in [2.24, 2.45) is 0 Å². The first kappa shape index (κ1) is 17.2. The van der Waals surface area contributed by atoms with Crippen LogP contribution in [0.15, 0.2) is 24.3 Å². The molecule has 1 aromatic rings. The molecule has 0 aromatic heterocycles. The molecular formula is C16H24N2O3. The number of likely N-dealkylation sites (N-methyl/N-ethyl adjacent to an activating group) is 1. The summed E-state index contributed by atoms with van der Waals surface area (Å²) in [5.74, 6) is -1.02. The number of hydrogen-bond donors (Lipinski definition) is 2. The van der Waals surface area contributed by atoms with Gasteiger partial charge in [-0.05, 0) is 18.9 Å². The van der Waals surface area contributed by atoms with Crippen molar-refractivity contribution in [1.82, 2.24) is 10.2 Å². The lowest BCUT2D eigenvalue weighted by molar-refractivity contribution is -0.140. The minimum atomic E-state index is -0.911. The summed E-state index contributed by atoms with van der Waals surface area (Å²) in [6, 6.07) is 7.33. The number of hydrogen-bond acceptors (Lipinski definition) is 3. The Balaban J connectivity index is 2.47. The average Bonchev–Trinajstić information content (AvgIpc) is 2.45. The Labute approximate surface area is 126 Å². The highest BCUT2D eigenvalue weighted by Crippen LogP contribution is 2.06. The zero-order valence-electron chi connectivity index (χ0n) is 12.9. The molecule has 0 aliphatic heterocycles. The van der Waals surface area contributed by atoms with Gasteiger partial charge in [0.15, 0.2) is 0 Å². The van der Waals surface area contributed by atoms with Gasteiger partial charge in [0.05, 0.1) is 6.54 Å².